The highest BCUT2D eigenvalue weighted by atomic mass is 19.1. The van der Waals surface area contributed by atoms with Crippen molar-refractivity contribution in [3.63, 3.8) is 0 Å². The first-order valence-corrected chi connectivity index (χ1v) is 8.27. The van der Waals surface area contributed by atoms with Crippen LogP contribution in [0, 0.1) is 5.82 Å². The van der Waals surface area contributed by atoms with Gasteiger partial charge >= 0.3 is 0 Å². The Bertz CT molecular complexity index is 713. The number of amides is 1. The molecule has 0 saturated carbocycles. The molecule has 2 aromatic rings. The third kappa shape index (κ3) is 6.37. The van der Waals surface area contributed by atoms with E-state index in [2.05, 4.69) is 5.32 Å². The first-order chi connectivity index (χ1) is 12.1. The largest absolute Gasteiger partial charge is 0.497 e. The molecule has 0 atom stereocenters. The van der Waals surface area contributed by atoms with Crippen LogP contribution < -0.4 is 10.1 Å². The van der Waals surface area contributed by atoms with Gasteiger partial charge in [-0.05, 0) is 54.8 Å². The lowest BCUT2D eigenvalue weighted by Gasteiger charge is -2.07. The number of carbonyl (C=O) groups is 2. The molecule has 25 heavy (non-hydrogen) atoms. The number of ether oxygens (including phenoxy) is 1. The van der Waals surface area contributed by atoms with Gasteiger partial charge in [-0.1, -0.05) is 12.1 Å². The monoisotopic (exact) mass is 343 g/mol. The SMILES string of the molecule is COc1cccc(CCNC(=O)CCCC(=O)c2ccc(F)cc2)c1. The van der Waals surface area contributed by atoms with Crippen molar-refractivity contribution < 1.29 is 18.7 Å². The van der Waals surface area contributed by atoms with Crippen LogP contribution in [0.3, 0.4) is 0 Å². The normalized spacial score (nSPS) is 10.3. The van der Waals surface area contributed by atoms with E-state index in [1.807, 2.05) is 24.3 Å². The quantitative estimate of drug-likeness (QED) is 0.709. The number of rotatable bonds is 9. The molecule has 132 valence electrons. The standard InChI is InChI=1S/C20H22FNO3/c1-25-18-5-2-4-15(14-18)12-13-22-20(24)7-3-6-19(23)16-8-10-17(21)11-9-16/h2,4-5,8-11,14H,3,6-7,12-13H2,1H3,(H,22,24). The summed E-state index contributed by atoms with van der Waals surface area (Å²) in [5.41, 5.74) is 1.56. The van der Waals surface area contributed by atoms with E-state index in [4.69, 9.17) is 4.74 Å². The summed E-state index contributed by atoms with van der Waals surface area (Å²) in [6.07, 6.45) is 1.76. The van der Waals surface area contributed by atoms with Crippen molar-refractivity contribution in [1.29, 1.82) is 0 Å². The minimum Gasteiger partial charge on any atom is -0.497 e. The highest BCUT2D eigenvalue weighted by molar-refractivity contribution is 5.96. The van der Waals surface area contributed by atoms with Crippen molar-refractivity contribution in [1.82, 2.24) is 5.32 Å². The van der Waals surface area contributed by atoms with Crippen LogP contribution in [-0.2, 0) is 11.2 Å². The van der Waals surface area contributed by atoms with Crippen molar-refractivity contribution in [3.8, 4) is 5.75 Å². The van der Waals surface area contributed by atoms with Gasteiger partial charge in [0.15, 0.2) is 5.78 Å². The summed E-state index contributed by atoms with van der Waals surface area (Å²) in [5, 5.41) is 2.85. The molecule has 0 aliphatic rings. The molecule has 0 saturated heterocycles. The molecule has 0 spiro atoms. The van der Waals surface area contributed by atoms with Crippen molar-refractivity contribution in [3.05, 3.63) is 65.5 Å². The number of nitrogens with one attached hydrogen (secondary N) is 1. The minimum absolute atomic E-state index is 0.0743. The Hall–Kier alpha value is -2.69. The van der Waals surface area contributed by atoms with Gasteiger partial charge in [0.05, 0.1) is 7.11 Å². The number of carbonyl (C=O) groups excluding carboxylic acids is 2. The second-order valence-corrected chi connectivity index (χ2v) is 5.74. The van der Waals surface area contributed by atoms with Crippen molar-refractivity contribution in [2.24, 2.45) is 0 Å². The zero-order valence-corrected chi connectivity index (χ0v) is 14.3. The zero-order valence-electron chi connectivity index (χ0n) is 14.3. The minimum atomic E-state index is -0.369. The van der Waals surface area contributed by atoms with Crippen LogP contribution in [0.2, 0.25) is 0 Å². The van der Waals surface area contributed by atoms with E-state index < -0.39 is 0 Å². The van der Waals surface area contributed by atoms with E-state index in [0.717, 1.165) is 17.7 Å². The average molecular weight is 343 g/mol. The van der Waals surface area contributed by atoms with Gasteiger partial charge in [-0.25, -0.2) is 4.39 Å². The summed E-state index contributed by atoms with van der Waals surface area (Å²) in [6.45, 7) is 0.540. The summed E-state index contributed by atoms with van der Waals surface area (Å²) < 4.78 is 18.0. The molecule has 0 unspecified atom stereocenters. The molecule has 0 bridgehead atoms. The highest BCUT2D eigenvalue weighted by Gasteiger charge is 2.08. The summed E-state index contributed by atoms with van der Waals surface area (Å²) in [6, 6.07) is 13.2. The number of ketones is 1. The molecule has 0 aliphatic carbocycles. The van der Waals surface area contributed by atoms with E-state index in [-0.39, 0.29) is 23.9 Å². The fraction of sp³-hybridized carbons (Fsp3) is 0.300. The van der Waals surface area contributed by atoms with Crippen molar-refractivity contribution in [2.75, 3.05) is 13.7 Å². The lowest BCUT2D eigenvalue weighted by molar-refractivity contribution is -0.121. The third-order valence-corrected chi connectivity index (χ3v) is 3.84. The summed E-state index contributed by atoms with van der Waals surface area (Å²) in [4.78, 5) is 23.8. The van der Waals surface area contributed by atoms with Crippen LogP contribution in [0.4, 0.5) is 4.39 Å². The predicted molar refractivity (Wildman–Crippen MR) is 94.3 cm³/mol. The molecule has 2 aromatic carbocycles. The first-order valence-electron chi connectivity index (χ1n) is 8.27. The Morgan fingerprint density at radius 2 is 1.84 bits per heavy atom. The summed E-state index contributed by atoms with van der Waals surface area (Å²) in [5.74, 6) is 0.272. The number of hydrogen-bond donors (Lipinski definition) is 1. The Labute approximate surface area is 147 Å². The lowest BCUT2D eigenvalue weighted by atomic mass is 10.1. The third-order valence-electron chi connectivity index (χ3n) is 3.84. The van der Waals surface area contributed by atoms with Crippen LogP contribution >= 0.6 is 0 Å². The molecule has 1 amide bonds. The van der Waals surface area contributed by atoms with Gasteiger partial charge in [-0.15, -0.1) is 0 Å². The molecule has 0 radical (unpaired) electrons. The van der Waals surface area contributed by atoms with Gasteiger partial charge in [0.25, 0.3) is 0 Å². The number of Topliss-reactive ketones (excluding diaryl/α,β-unsaturated/α-hetero) is 1. The zero-order chi connectivity index (χ0) is 18.1. The number of hydrogen-bond acceptors (Lipinski definition) is 3. The molecular formula is C20H22FNO3. The Kier molecular flexibility index (Phi) is 7.14. The topological polar surface area (TPSA) is 55.4 Å². The number of methoxy groups -OCH3 is 1. The van der Waals surface area contributed by atoms with Gasteiger partial charge < -0.3 is 10.1 Å². The summed E-state index contributed by atoms with van der Waals surface area (Å²) >= 11 is 0. The van der Waals surface area contributed by atoms with E-state index in [1.54, 1.807) is 7.11 Å². The van der Waals surface area contributed by atoms with Crippen LogP contribution in [0.5, 0.6) is 5.75 Å². The van der Waals surface area contributed by atoms with Gasteiger partial charge in [-0.3, -0.25) is 9.59 Å². The van der Waals surface area contributed by atoms with Crippen LogP contribution in [-0.4, -0.2) is 25.3 Å². The van der Waals surface area contributed by atoms with Crippen molar-refractivity contribution in [2.45, 2.75) is 25.7 Å². The lowest BCUT2D eigenvalue weighted by Crippen LogP contribution is -2.25. The molecule has 2 rings (SSSR count). The van der Waals surface area contributed by atoms with E-state index >= 15 is 0 Å². The molecule has 5 heteroatoms. The second-order valence-electron chi connectivity index (χ2n) is 5.74. The smallest absolute Gasteiger partial charge is 0.220 e. The van der Waals surface area contributed by atoms with E-state index in [0.29, 0.717) is 24.9 Å². The fourth-order valence-electron chi connectivity index (χ4n) is 2.45. The highest BCUT2D eigenvalue weighted by Crippen LogP contribution is 2.12. The maximum Gasteiger partial charge on any atom is 0.220 e. The molecule has 0 heterocycles. The van der Waals surface area contributed by atoms with Crippen LogP contribution in [0.1, 0.15) is 35.2 Å². The Balaban J connectivity index is 1.65. The van der Waals surface area contributed by atoms with Gasteiger partial charge in [-0.2, -0.15) is 0 Å². The fourth-order valence-corrected chi connectivity index (χ4v) is 2.45. The van der Waals surface area contributed by atoms with E-state index in [1.165, 1.54) is 24.3 Å². The maximum atomic E-state index is 12.8. The van der Waals surface area contributed by atoms with Crippen LogP contribution in [0.25, 0.3) is 0 Å². The predicted octanol–water partition coefficient (Wildman–Crippen LogP) is 3.55. The summed E-state index contributed by atoms with van der Waals surface area (Å²) in [7, 11) is 1.62. The average Bonchev–Trinajstić information content (AvgIpc) is 2.62. The van der Waals surface area contributed by atoms with Crippen LogP contribution in [0.15, 0.2) is 48.5 Å². The molecule has 0 aliphatic heterocycles. The van der Waals surface area contributed by atoms with E-state index in [9.17, 15) is 14.0 Å². The van der Waals surface area contributed by atoms with Crippen molar-refractivity contribution >= 4 is 11.7 Å². The van der Waals surface area contributed by atoms with Gasteiger partial charge in [0, 0.05) is 24.9 Å². The second kappa shape index (κ2) is 9.57. The first kappa shape index (κ1) is 18.6. The molecule has 4 nitrogen and oxygen atoms in total. The molecule has 1 N–H and O–H groups in total. The number of halogens is 1. The Morgan fingerprint density at radius 3 is 2.56 bits per heavy atom. The Morgan fingerprint density at radius 1 is 1.08 bits per heavy atom. The van der Waals surface area contributed by atoms with Gasteiger partial charge in [0.1, 0.15) is 11.6 Å². The van der Waals surface area contributed by atoms with Gasteiger partial charge in [0.2, 0.25) is 5.91 Å². The maximum absolute atomic E-state index is 12.8. The number of benzene rings is 2. The molecule has 0 aromatic heterocycles. The molecule has 0 fully saturated rings. The molecular weight excluding hydrogens is 321 g/mol.